The summed E-state index contributed by atoms with van der Waals surface area (Å²) in [6, 6.07) is 18.9. The van der Waals surface area contributed by atoms with E-state index in [1.54, 1.807) is 0 Å². The van der Waals surface area contributed by atoms with Crippen LogP contribution in [0, 0.1) is 0 Å². The molecule has 0 bridgehead atoms. The van der Waals surface area contributed by atoms with Crippen LogP contribution in [0.25, 0.3) is 21.5 Å². The van der Waals surface area contributed by atoms with Crippen LogP contribution in [-0.2, 0) is 9.53 Å². The van der Waals surface area contributed by atoms with Crippen LogP contribution in [0.3, 0.4) is 0 Å². The molecule has 0 aliphatic rings. The van der Waals surface area contributed by atoms with Gasteiger partial charge in [0.25, 0.3) is 0 Å². The number of benzene rings is 3. The van der Waals surface area contributed by atoms with Crippen LogP contribution in [0.15, 0.2) is 54.6 Å². The smallest absolute Gasteiger partial charge is 0.306 e. The van der Waals surface area contributed by atoms with E-state index < -0.39 is 0 Å². The van der Waals surface area contributed by atoms with Crippen LogP contribution in [0.5, 0.6) is 0 Å². The summed E-state index contributed by atoms with van der Waals surface area (Å²) in [7, 11) is 0. The maximum Gasteiger partial charge on any atom is 0.306 e. The molecule has 0 aliphatic carbocycles. The summed E-state index contributed by atoms with van der Waals surface area (Å²) in [6.07, 6.45) is 0.191. The fourth-order valence-electron chi connectivity index (χ4n) is 2.56. The van der Waals surface area contributed by atoms with Crippen molar-refractivity contribution in [1.82, 2.24) is 0 Å². The van der Waals surface area contributed by atoms with Crippen LogP contribution >= 0.6 is 0 Å². The van der Waals surface area contributed by atoms with Gasteiger partial charge in [-0.3, -0.25) is 4.79 Å². The number of rotatable bonds is 3. The van der Waals surface area contributed by atoms with Crippen LogP contribution in [0.2, 0.25) is 0 Å². The summed E-state index contributed by atoms with van der Waals surface area (Å²) in [5, 5.41) is 4.83. The van der Waals surface area contributed by atoms with Gasteiger partial charge in [0.15, 0.2) is 0 Å². The lowest BCUT2D eigenvalue weighted by atomic mass is 10.0. The van der Waals surface area contributed by atoms with E-state index in [2.05, 4.69) is 42.5 Å². The Hall–Kier alpha value is -2.35. The first-order valence-corrected chi connectivity index (χ1v) is 7.29. The van der Waals surface area contributed by atoms with Crippen molar-refractivity contribution >= 4 is 27.5 Å². The predicted octanol–water partition coefficient (Wildman–Crippen LogP) is 5.01. The van der Waals surface area contributed by atoms with E-state index in [1.807, 2.05) is 26.0 Å². The Morgan fingerprint density at radius 2 is 1.57 bits per heavy atom. The molecule has 3 aromatic rings. The molecule has 1 atom stereocenters. The summed E-state index contributed by atoms with van der Waals surface area (Å²) in [6.45, 7) is 3.72. The minimum absolute atomic E-state index is 0.166. The van der Waals surface area contributed by atoms with Gasteiger partial charge >= 0.3 is 5.97 Å². The third kappa shape index (κ3) is 2.75. The van der Waals surface area contributed by atoms with Gasteiger partial charge in [-0.2, -0.15) is 0 Å². The number of carbonyl (C=O) groups is 1. The van der Waals surface area contributed by atoms with E-state index in [0.717, 1.165) is 5.56 Å². The summed E-state index contributed by atoms with van der Waals surface area (Å²) in [4.78, 5) is 11.4. The third-order valence-electron chi connectivity index (χ3n) is 3.80. The molecule has 0 fully saturated rings. The van der Waals surface area contributed by atoms with E-state index in [0.29, 0.717) is 6.42 Å². The van der Waals surface area contributed by atoms with E-state index in [1.165, 1.54) is 21.5 Å². The summed E-state index contributed by atoms with van der Waals surface area (Å²) in [5.41, 5.74) is 1.03. The molecular weight excluding hydrogens is 260 g/mol. The second kappa shape index (κ2) is 5.57. The number of hydrogen-bond acceptors (Lipinski definition) is 2. The highest BCUT2D eigenvalue weighted by Gasteiger charge is 2.10. The summed E-state index contributed by atoms with van der Waals surface area (Å²) < 4.78 is 5.38. The molecule has 0 amide bonds. The molecule has 1 unspecified atom stereocenters. The van der Waals surface area contributed by atoms with E-state index in [4.69, 9.17) is 4.74 Å². The van der Waals surface area contributed by atoms with Crippen molar-refractivity contribution in [2.45, 2.75) is 26.4 Å². The van der Waals surface area contributed by atoms with Crippen molar-refractivity contribution in [2.75, 3.05) is 0 Å². The molecule has 3 rings (SSSR count). The van der Waals surface area contributed by atoms with Gasteiger partial charge in [0.05, 0.1) is 0 Å². The second-order valence-corrected chi connectivity index (χ2v) is 5.29. The van der Waals surface area contributed by atoms with Crippen LogP contribution in [0.4, 0.5) is 0 Å². The lowest BCUT2D eigenvalue weighted by Crippen LogP contribution is -2.07. The van der Waals surface area contributed by atoms with Crippen molar-refractivity contribution in [3.63, 3.8) is 0 Å². The molecule has 2 heteroatoms. The van der Waals surface area contributed by atoms with Gasteiger partial charge in [-0.25, -0.2) is 0 Å². The van der Waals surface area contributed by atoms with Crippen LogP contribution in [-0.4, -0.2) is 5.97 Å². The van der Waals surface area contributed by atoms with Gasteiger partial charge in [0.2, 0.25) is 0 Å². The monoisotopic (exact) mass is 278 g/mol. The van der Waals surface area contributed by atoms with Crippen molar-refractivity contribution < 1.29 is 9.53 Å². The predicted molar refractivity (Wildman–Crippen MR) is 86.3 cm³/mol. The number of hydrogen-bond donors (Lipinski definition) is 0. The highest BCUT2D eigenvalue weighted by atomic mass is 16.5. The van der Waals surface area contributed by atoms with Gasteiger partial charge in [-0.15, -0.1) is 0 Å². The Kier molecular flexibility index (Phi) is 3.61. The first kappa shape index (κ1) is 13.6. The molecule has 0 spiro atoms. The van der Waals surface area contributed by atoms with Gasteiger partial charge < -0.3 is 4.74 Å². The zero-order valence-electron chi connectivity index (χ0n) is 12.3. The highest BCUT2D eigenvalue weighted by molar-refractivity contribution is 5.98. The first-order chi connectivity index (χ1) is 10.2. The van der Waals surface area contributed by atoms with Gasteiger partial charge in [0.1, 0.15) is 6.10 Å². The molecule has 2 nitrogen and oxygen atoms in total. The SMILES string of the molecule is CCC(=O)OC(C)c1ccc2cc3ccccc3cc2c1. The van der Waals surface area contributed by atoms with Crippen molar-refractivity contribution in [3.05, 3.63) is 60.2 Å². The standard InChI is InChI=1S/C19H18O2/c1-3-19(20)21-13(2)14-8-9-17-11-15-6-4-5-7-16(15)12-18(17)10-14/h4-13H,3H2,1-2H3. The molecule has 3 aromatic carbocycles. The van der Waals surface area contributed by atoms with Gasteiger partial charge in [-0.1, -0.05) is 43.3 Å². The number of ether oxygens (including phenoxy) is 1. The van der Waals surface area contributed by atoms with Crippen molar-refractivity contribution in [2.24, 2.45) is 0 Å². The number of carbonyl (C=O) groups excluding carboxylic acids is 1. The summed E-state index contributed by atoms with van der Waals surface area (Å²) >= 11 is 0. The largest absolute Gasteiger partial charge is 0.458 e. The lowest BCUT2D eigenvalue weighted by Gasteiger charge is -2.14. The number of esters is 1. The molecular formula is C19H18O2. The summed E-state index contributed by atoms with van der Waals surface area (Å²) in [5.74, 6) is -0.166. The quantitative estimate of drug-likeness (QED) is 0.497. The van der Waals surface area contributed by atoms with Gasteiger partial charge in [-0.05, 0) is 52.2 Å². The van der Waals surface area contributed by atoms with Crippen molar-refractivity contribution in [1.29, 1.82) is 0 Å². The molecule has 106 valence electrons. The molecule has 0 aromatic heterocycles. The Labute approximate surface area is 124 Å². The maximum atomic E-state index is 11.4. The van der Waals surface area contributed by atoms with E-state index in [9.17, 15) is 4.79 Å². The van der Waals surface area contributed by atoms with Crippen molar-refractivity contribution in [3.8, 4) is 0 Å². The molecule has 21 heavy (non-hydrogen) atoms. The Bertz CT molecular complexity index is 805. The first-order valence-electron chi connectivity index (χ1n) is 7.29. The van der Waals surface area contributed by atoms with Crippen LogP contribution < -0.4 is 0 Å². The third-order valence-corrected chi connectivity index (χ3v) is 3.80. The average molecular weight is 278 g/mol. The van der Waals surface area contributed by atoms with E-state index in [-0.39, 0.29) is 12.1 Å². The minimum Gasteiger partial charge on any atom is -0.458 e. The molecule has 0 saturated carbocycles. The average Bonchev–Trinajstić information content (AvgIpc) is 2.52. The fourth-order valence-corrected chi connectivity index (χ4v) is 2.56. The Morgan fingerprint density at radius 1 is 0.952 bits per heavy atom. The minimum atomic E-state index is -0.215. The second-order valence-electron chi connectivity index (χ2n) is 5.29. The normalized spacial score (nSPS) is 12.5. The lowest BCUT2D eigenvalue weighted by molar-refractivity contribution is -0.148. The topological polar surface area (TPSA) is 26.3 Å². The zero-order valence-corrected chi connectivity index (χ0v) is 12.3. The van der Waals surface area contributed by atoms with E-state index >= 15 is 0 Å². The highest BCUT2D eigenvalue weighted by Crippen LogP contribution is 2.26. The van der Waals surface area contributed by atoms with Gasteiger partial charge in [0, 0.05) is 6.42 Å². The number of fused-ring (bicyclic) bond motifs is 2. The molecule has 0 aliphatic heterocycles. The fraction of sp³-hybridized carbons (Fsp3) is 0.211. The molecule has 0 heterocycles. The Balaban J connectivity index is 2.02. The van der Waals surface area contributed by atoms with Crippen LogP contribution in [0.1, 0.15) is 31.9 Å². The maximum absolute atomic E-state index is 11.4. The Morgan fingerprint density at radius 3 is 2.24 bits per heavy atom. The molecule has 0 N–H and O–H groups in total. The zero-order chi connectivity index (χ0) is 14.8. The molecule has 0 saturated heterocycles. The molecule has 0 radical (unpaired) electrons.